The fraction of sp³-hybridized carbons (Fsp3) is 0.294. The molecule has 0 radical (unpaired) electrons. The molecule has 2 aromatic carbocycles. The lowest BCUT2D eigenvalue weighted by Crippen LogP contribution is -2.13. The normalized spacial score (nSPS) is 12.2. The zero-order valence-corrected chi connectivity index (χ0v) is 11.3. The molecule has 0 saturated heterocycles. The van der Waals surface area contributed by atoms with Gasteiger partial charge >= 0.3 is 0 Å². The summed E-state index contributed by atoms with van der Waals surface area (Å²) in [6.45, 7) is 2.23. The second kappa shape index (κ2) is 4.16. The number of benzene rings is 2. The average Bonchev–Trinajstić information content (AvgIpc) is 2.75. The molecule has 2 aromatic rings. The van der Waals surface area contributed by atoms with E-state index in [0.717, 1.165) is 12.8 Å². The summed E-state index contributed by atoms with van der Waals surface area (Å²) in [6, 6.07) is 13.4. The van der Waals surface area contributed by atoms with Crippen molar-refractivity contribution < 1.29 is 0 Å². The largest absolute Gasteiger partial charge is 0.377 e. The van der Waals surface area contributed by atoms with E-state index in [1.165, 1.54) is 33.5 Å². The van der Waals surface area contributed by atoms with Crippen LogP contribution in [0.3, 0.4) is 0 Å². The second-order valence-electron chi connectivity index (χ2n) is 5.18. The smallest absolute Gasteiger partial charge is 0.0435 e. The number of hydrogen-bond donors (Lipinski definition) is 0. The van der Waals surface area contributed by atoms with Gasteiger partial charge in [0, 0.05) is 26.2 Å². The summed E-state index contributed by atoms with van der Waals surface area (Å²) in [7, 11) is 4.30. The van der Waals surface area contributed by atoms with Gasteiger partial charge in [0.2, 0.25) is 0 Å². The van der Waals surface area contributed by atoms with Gasteiger partial charge < -0.3 is 4.90 Å². The molecule has 18 heavy (non-hydrogen) atoms. The van der Waals surface area contributed by atoms with Gasteiger partial charge in [0.15, 0.2) is 0 Å². The second-order valence-corrected chi connectivity index (χ2v) is 5.18. The molecule has 0 aromatic heterocycles. The quantitative estimate of drug-likeness (QED) is 0.653. The topological polar surface area (TPSA) is 3.24 Å². The molecule has 0 aliphatic heterocycles. The zero-order valence-electron chi connectivity index (χ0n) is 11.3. The molecule has 0 amide bonds. The highest BCUT2D eigenvalue weighted by molar-refractivity contribution is 5.83. The van der Waals surface area contributed by atoms with Crippen LogP contribution in [0.4, 0.5) is 5.69 Å². The number of nitrogens with zero attached hydrogens (tertiary/aromatic N) is 1. The standard InChI is InChI=1S/C17H19N/c1-4-12-9-10-15-14-8-6-5-7-13(14)11-16(15)17(12)18(2)3/h5-10H,4,11H2,1-3H3. The first-order valence-corrected chi connectivity index (χ1v) is 6.62. The Kier molecular flexibility index (Phi) is 2.62. The number of anilines is 1. The summed E-state index contributed by atoms with van der Waals surface area (Å²) < 4.78 is 0. The van der Waals surface area contributed by atoms with E-state index in [9.17, 15) is 0 Å². The first-order valence-electron chi connectivity index (χ1n) is 6.62. The van der Waals surface area contributed by atoms with E-state index in [1.807, 2.05) is 0 Å². The summed E-state index contributed by atoms with van der Waals surface area (Å²) in [6.07, 6.45) is 2.17. The highest BCUT2D eigenvalue weighted by Gasteiger charge is 2.22. The molecule has 0 N–H and O–H groups in total. The van der Waals surface area contributed by atoms with E-state index in [2.05, 4.69) is 62.3 Å². The molecule has 1 nitrogen and oxygen atoms in total. The third kappa shape index (κ3) is 1.54. The molecule has 0 fully saturated rings. The lowest BCUT2D eigenvalue weighted by atomic mass is 9.99. The Morgan fingerprint density at radius 1 is 1.00 bits per heavy atom. The number of aryl methyl sites for hydroxylation is 1. The minimum Gasteiger partial charge on any atom is -0.377 e. The lowest BCUT2D eigenvalue weighted by Gasteiger charge is -2.21. The number of fused-ring (bicyclic) bond motifs is 3. The molecular formula is C17H19N. The molecule has 0 heterocycles. The number of hydrogen-bond acceptors (Lipinski definition) is 1. The Morgan fingerprint density at radius 2 is 1.78 bits per heavy atom. The van der Waals surface area contributed by atoms with Crippen molar-refractivity contribution in [3.8, 4) is 11.1 Å². The van der Waals surface area contributed by atoms with Crippen molar-refractivity contribution in [1.29, 1.82) is 0 Å². The van der Waals surface area contributed by atoms with Crippen molar-refractivity contribution in [2.75, 3.05) is 19.0 Å². The fourth-order valence-electron chi connectivity index (χ4n) is 3.09. The minimum absolute atomic E-state index is 1.08. The van der Waals surface area contributed by atoms with E-state index in [1.54, 1.807) is 0 Å². The Bertz CT molecular complexity index is 597. The molecule has 0 unspecified atom stereocenters. The maximum atomic E-state index is 2.30. The van der Waals surface area contributed by atoms with Crippen molar-refractivity contribution in [2.45, 2.75) is 19.8 Å². The van der Waals surface area contributed by atoms with Crippen molar-refractivity contribution in [1.82, 2.24) is 0 Å². The van der Waals surface area contributed by atoms with E-state index in [0.29, 0.717) is 0 Å². The third-order valence-electron chi connectivity index (χ3n) is 3.87. The van der Waals surface area contributed by atoms with Crippen LogP contribution in [0.15, 0.2) is 36.4 Å². The molecule has 0 spiro atoms. The van der Waals surface area contributed by atoms with Gasteiger partial charge in [0.05, 0.1) is 0 Å². The maximum Gasteiger partial charge on any atom is 0.0435 e. The summed E-state index contributed by atoms with van der Waals surface area (Å²) in [4.78, 5) is 2.27. The highest BCUT2D eigenvalue weighted by atomic mass is 15.1. The monoisotopic (exact) mass is 237 g/mol. The molecule has 0 saturated carbocycles. The molecule has 92 valence electrons. The summed E-state index contributed by atoms with van der Waals surface area (Å²) >= 11 is 0. The Hall–Kier alpha value is -1.76. The molecule has 3 rings (SSSR count). The molecular weight excluding hydrogens is 218 g/mol. The van der Waals surface area contributed by atoms with Crippen LogP contribution in [0.5, 0.6) is 0 Å². The van der Waals surface area contributed by atoms with E-state index in [4.69, 9.17) is 0 Å². The van der Waals surface area contributed by atoms with Crippen LogP contribution in [-0.2, 0) is 12.8 Å². The molecule has 0 bridgehead atoms. The zero-order chi connectivity index (χ0) is 12.7. The van der Waals surface area contributed by atoms with Crippen LogP contribution in [-0.4, -0.2) is 14.1 Å². The fourth-order valence-corrected chi connectivity index (χ4v) is 3.09. The highest BCUT2D eigenvalue weighted by Crippen LogP contribution is 2.42. The van der Waals surface area contributed by atoms with Crippen molar-refractivity contribution >= 4 is 5.69 Å². The first-order chi connectivity index (χ1) is 8.72. The van der Waals surface area contributed by atoms with Gasteiger partial charge in [0.25, 0.3) is 0 Å². The van der Waals surface area contributed by atoms with Gasteiger partial charge in [-0.25, -0.2) is 0 Å². The summed E-state index contributed by atoms with van der Waals surface area (Å²) in [5.74, 6) is 0. The molecule has 0 atom stereocenters. The van der Waals surface area contributed by atoms with Crippen molar-refractivity contribution in [3.63, 3.8) is 0 Å². The SMILES string of the molecule is CCc1ccc2c(c1N(C)C)Cc1ccccc1-2. The molecule has 1 heteroatoms. The summed E-state index contributed by atoms with van der Waals surface area (Å²) in [5, 5.41) is 0. The predicted octanol–water partition coefficient (Wildman–Crippen LogP) is 3.89. The summed E-state index contributed by atoms with van der Waals surface area (Å²) in [5.41, 5.74) is 8.67. The van der Waals surface area contributed by atoms with Gasteiger partial charge in [-0.1, -0.05) is 43.3 Å². The minimum atomic E-state index is 1.08. The van der Waals surface area contributed by atoms with Crippen LogP contribution >= 0.6 is 0 Å². The van der Waals surface area contributed by atoms with Crippen LogP contribution in [0.2, 0.25) is 0 Å². The van der Waals surface area contributed by atoms with Crippen LogP contribution in [0, 0.1) is 0 Å². The Balaban J connectivity index is 2.25. The maximum absolute atomic E-state index is 2.30. The predicted molar refractivity (Wildman–Crippen MR) is 78.4 cm³/mol. The van der Waals surface area contributed by atoms with Crippen molar-refractivity contribution in [2.24, 2.45) is 0 Å². The Labute approximate surface area is 109 Å². The van der Waals surface area contributed by atoms with Gasteiger partial charge in [-0.3, -0.25) is 0 Å². The van der Waals surface area contributed by atoms with Crippen LogP contribution in [0.25, 0.3) is 11.1 Å². The average molecular weight is 237 g/mol. The lowest BCUT2D eigenvalue weighted by molar-refractivity contribution is 1.04. The number of rotatable bonds is 2. The van der Waals surface area contributed by atoms with Crippen LogP contribution < -0.4 is 4.90 Å². The Morgan fingerprint density at radius 3 is 2.50 bits per heavy atom. The van der Waals surface area contributed by atoms with E-state index in [-0.39, 0.29) is 0 Å². The van der Waals surface area contributed by atoms with E-state index < -0.39 is 0 Å². The third-order valence-corrected chi connectivity index (χ3v) is 3.87. The van der Waals surface area contributed by atoms with Crippen molar-refractivity contribution in [3.05, 3.63) is 53.1 Å². The van der Waals surface area contributed by atoms with Crippen LogP contribution in [0.1, 0.15) is 23.6 Å². The van der Waals surface area contributed by atoms with Gasteiger partial charge in [-0.05, 0) is 34.2 Å². The van der Waals surface area contributed by atoms with Gasteiger partial charge in [-0.2, -0.15) is 0 Å². The molecule has 1 aliphatic rings. The van der Waals surface area contributed by atoms with Gasteiger partial charge in [0.1, 0.15) is 0 Å². The van der Waals surface area contributed by atoms with E-state index >= 15 is 0 Å². The molecule has 1 aliphatic carbocycles. The van der Waals surface area contributed by atoms with Gasteiger partial charge in [-0.15, -0.1) is 0 Å². The first kappa shape index (κ1) is 11.3.